The number of hydrogen-bond acceptors (Lipinski definition) is 5. The van der Waals surface area contributed by atoms with Crippen molar-refractivity contribution in [3.8, 4) is 22.1 Å². The van der Waals surface area contributed by atoms with Crippen LogP contribution in [-0.4, -0.2) is 25.0 Å². The Balaban J connectivity index is 1.54. The van der Waals surface area contributed by atoms with E-state index in [1.165, 1.54) is 10.3 Å². The second kappa shape index (κ2) is 8.05. The highest BCUT2D eigenvalue weighted by Crippen LogP contribution is 2.31. The Labute approximate surface area is 173 Å². The van der Waals surface area contributed by atoms with Gasteiger partial charge in [0.2, 0.25) is 0 Å². The molecule has 4 nitrogen and oxygen atoms in total. The summed E-state index contributed by atoms with van der Waals surface area (Å²) < 4.78 is 11.7. The van der Waals surface area contributed by atoms with Crippen molar-refractivity contribution in [2.24, 2.45) is 0 Å². The number of ketones is 1. The molecule has 0 unspecified atom stereocenters. The molecule has 3 aromatic carbocycles. The zero-order valence-corrected chi connectivity index (χ0v) is 17.4. The van der Waals surface area contributed by atoms with Crippen LogP contribution in [0.15, 0.2) is 60.7 Å². The van der Waals surface area contributed by atoms with Crippen molar-refractivity contribution in [1.82, 2.24) is 4.98 Å². The summed E-state index contributed by atoms with van der Waals surface area (Å²) in [5, 5.41) is 0.986. The smallest absolute Gasteiger partial charge is 0.170 e. The SMILES string of the molecule is COc1ccc(C(=O)Cc2ccc(-c3nc4ccc(C)cc4s3)cc2)c(OC)c1. The summed E-state index contributed by atoms with van der Waals surface area (Å²) >= 11 is 1.68. The number of Topliss-reactive ketones (excluding diaryl/α,β-unsaturated/α-hetero) is 1. The van der Waals surface area contributed by atoms with Gasteiger partial charge < -0.3 is 9.47 Å². The first-order chi connectivity index (χ1) is 14.1. The van der Waals surface area contributed by atoms with Gasteiger partial charge in [0, 0.05) is 18.1 Å². The fraction of sp³-hybridized carbons (Fsp3) is 0.167. The Kier molecular flexibility index (Phi) is 5.32. The van der Waals surface area contributed by atoms with E-state index < -0.39 is 0 Å². The molecule has 0 aliphatic carbocycles. The molecule has 0 saturated heterocycles. The van der Waals surface area contributed by atoms with Crippen molar-refractivity contribution in [2.75, 3.05) is 14.2 Å². The first kappa shape index (κ1) is 19.2. The molecule has 1 heterocycles. The van der Waals surface area contributed by atoms with Crippen molar-refractivity contribution in [3.63, 3.8) is 0 Å². The van der Waals surface area contributed by atoms with Gasteiger partial charge in [0.05, 0.1) is 30.0 Å². The van der Waals surface area contributed by atoms with Crippen molar-refractivity contribution in [1.29, 1.82) is 0 Å². The van der Waals surface area contributed by atoms with Crippen LogP contribution in [0.4, 0.5) is 0 Å². The molecular weight excluding hydrogens is 382 g/mol. The Morgan fingerprint density at radius 2 is 1.76 bits per heavy atom. The summed E-state index contributed by atoms with van der Waals surface area (Å²) in [6, 6.07) is 19.6. The number of benzene rings is 3. The third-order valence-electron chi connectivity index (χ3n) is 4.82. The first-order valence-corrected chi connectivity index (χ1v) is 10.1. The average molecular weight is 404 g/mol. The molecule has 4 rings (SSSR count). The van der Waals surface area contributed by atoms with Crippen molar-refractivity contribution < 1.29 is 14.3 Å². The first-order valence-electron chi connectivity index (χ1n) is 9.29. The van der Waals surface area contributed by atoms with E-state index in [4.69, 9.17) is 14.5 Å². The fourth-order valence-corrected chi connectivity index (χ4v) is 4.30. The van der Waals surface area contributed by atoms with Crippen LogP contribution in [0.2, 0.25) is 0 Å². The third kappa shape index (κ3) is 4.00. The monoisotopic (exact) mass is 403 g/mol. The molecule has 0 aliphatic heterocycles. The van der Waals surface area contributed by atoms with Crippen LogP contribution >= 0.6 is 11.3 Å². The lowest BCUT2D eigenvalue weighted by atomic mass is 10.0. The van der Waals surface area contributed by atoms with E-state index >= 15 is 0 Å². The number of ether oxygens (including phenoxy) is 2. The molecule has 0 spiro atoms. The van der Waals surface area contributed by atoms with Gasteiger partial charge in [-0.3, -0.25) is 4.79 Å². The van der Waals surface area contributed by atoms with Gasteiger partial charge in [-0.15, -0.1) is 11.3 Å². The van der Waals surface area contributed by atoms with Crippen LogP contribution in [-0.2, 0) is 6.42 Å². The summed E-state index contributed by atoms with van der Waals surface area (Å²) in [5.41, 5.74) is 4.81. The van der Waals surface area contributed by atoms with Gasteiger partial charge in [-0.1, -0.05) is 30.3 Å². The second-order valence-corrected chi connectivity index (χ2v) is 7.88. The molecule has 0 saturated carbocycles. The Bertz CT molecular complexity index is 1180. The van der Waals surface area contributed by atoms with E-state index in [-0.39, 0.29) is 5.78 Å². The molecule has 146 valence electrons. The largest absolute Gasteiger partial charge is 0.497 e. The number of fused-ring (bicyclic) bond motifs is 1. The Morgan fingerprint density at radius 1 is 0.966 bits per heavy atom. The van der Waals surface area contributed by atoms with Gasteiger partial charge >= 0.3 is 0 Å². The van der Waals surface area contributed by atoms with E-state index in [0.29, 0.717) is 23.5 Å². The second-order valence-electron chi connectivity index (χ2n) is 6.85. The number of hydrogen-bond donors (Lipinski definition) is 0. The third-order valence-corrected chi connectivity index (χ3v) is 5.89. The van der Waals surface area contributed by atoms with Crippen molar-refractivity contribution in [3.05, 3.63) is 77.4 Å². The van der Waals surface area contributed by atoms with Crippen LogP contribution < -0.4 is 9.47 Å². The van der Waals surface area contributed by atoms with Crippen molar-refractivity contribution in [2.45, 2.75) is 13.3 Å². The Morgan fingerprint density at radius 3 is 2.48 bits per heavy atom. The van der Waals surface area contributed by atoms with Crippen LogP contribution in [0.3, 0.4) is 0 Å². The standard InChI is InChI=1S/C24H21NO3S/c1-15-4-11-20-23(12-15)29-24(25-20)17-7-5-16(6-8-17)13-21(26)19-10-9-18(27-2)14-22(19)28-3/h4-12,14H,13H2,1-3H3. The maximum absolute atomic E-state index is 12.8. The van der Waals surface area contributed by atoms with Gasteiger partial charge in [0.15, 0.2) is 5.78 Å². The Hall–Kier alpha value is -3.18. The highest BCUT2D eigenvalue weighted by atomic mass is 32.1. The summed E-state index contributed by atoms with van der Waals surface area (Å²) in [6.07, 6.45) is 0.308. The molecule has 0 fully saturated rings. The van der Waals surface area contributed by atoms with Crippen molar-refractivity contribution >= 4 is 27.3 Å². The number of thiazole rings is 1. The van der Waals surface area contributed by atoms with E-state index in [0.717, 1.165) is 21.7 Å². The number of methoxy groups -OCH3 is 2. The molecular formula is C24H21NO3S. The summed E-state index contributed by atoms with van der Waals surface area (Å²) in [5.74, 6) is 1.19. The van der Waals surface area contributed by atoms with Crippen LogP contribution in [0, 0.1) is 6.92 Å². The zero-order chi connectivity index (χ0) is 20.4. The molecule has 1 aromatic heterocycles. The minimum Gasteiger partial charge on any atom is -0.497 e. The average Bonchev–Trinajstić information content (AvgIpc) is 3.16. The molecule has 5 heteroatoms. The van der Waals surface area contributed by atoms with E-state index in [2.05, 4.69) is 25.1 Å². The minimum atomic E-state index is 0.00714. The fourth-order valence-electron chi connectivity index (χ4n) is 3.23. The predicted molar refractivity (Wildman–Crippen MR) is 117 cm³/mol. The molecule has 0 radical (unpaired) electrons. The summed E-state index contributed by atoms with van der Waals surface area (Å²) in [7, 11) is 3.14. The highest BCUT2D eigenvalue weighted by molar-refractivity contribution is 7.21. The highest BCUT2D eigenvalue weighted by Gasteiger charge is 2.14. The van der Waals surface area contributed by atoms with Gasteiger partial charge in [-0.2, -0.15) is 0 Å². The molecule has 0 aliphatic rings. The van der Waals surface area contributed by atoms with Crippen LogP contribution in [0.25, 0.3) is 20.8 Å². The lowest BCUT2D eigenvalue weighted by Crippen LogP contribution is -2.06. The number of rotatable bonds is 6. The maximum Gasteiger partial charge on any atom is 0.170 e. The molecule has 4 aromatic rings. The van der Waals surface area contributed by atoms with E-state index in [1.807, 2.05) is 24.3 Å². The van der Waals surface area contributed by atoms with Crippen LogP contribution in [0.1, 0.15) is 21.5 Å². The number of aromatic nitrogens is 1. The van der Waals surface area contributed by atoms with Gasteiger partial charge in [0.25, 0.3) is 0 Å². The molecule has 0 bridgehead atoms. The van der Waals surface area contributed by atoms with Gasteiger partial charge in [-0.25, -0.2) is 4.98 Å². The lowest BCUT2D eigenvalue weighted by molar-refractivity contribution is 0.0990. The number of carbonyl (C=O) groups excluding carboxylic acids is 1. The summed E-state index contributed by atoms with van der Waals surface area (Å²) in [6.45, 7) is 2.09. The lowest BCUT2D eigenvalue weighted by Gasteiger charge is -2.10. The number of carbonyl (C=O) groups is 1. The normalized spacial score (nSPS) is 10.9. The number of nitrogens with zero attached hydrogens (tertiary/aromatic N) is 1. The topological polar surface area (TPSA) is 48.4 Å². The predicted octanol–water partition coefficient (Wildman–Crippen LogP) is 5.71. The molecule has 0 atom stereocenters. The maximum atomic E-state index is 12.8. The van der Waals surface area contributed by atoms with E-state index in [9.17, 15) is 4.79 Å². The summed E-state index contributed by atoms with van der Waals surface area (Å²) in [4.78, 5) is 17.5. The molecule has 0 N–H and O–H groups in total. The van der Waals surface area contributed by atoms with Gasteiger partial charge in [0.1, 0.15) is 16.5 Å². The van der Waals surface area contributed by atoms with E-state index in [1.54, 1.807) is 43.8 Å². The van der Waals surface area contributed by atoms with Gasteiger partial charge in [-0.05, 0) is 42.3 Å². The molecule has 0 amide bonds. The van der Waals surface area contributed by atoms with Crippen LogP contribution in [0.5, 0.6) is 11.5 Å². The minimum absolute atomic E-state index is 0.00714. The quantitative estimate of drug-likeness (QED) is 0.387. The zero-order valence-electron chi connectivity index (χ0n) is 16.6. The molecule has 29 heavy (non-hydrogen) atoms. The number of aryl methyl sites for hydroxylation is 1.